The van der Waals surface area contributed by atoms with Crippen molar-refractivity contribution in [3.8, 4) is 0 Å². The van der Waals surface area contributed by atoms with E-state index < -0.39 is 0 Å². The Kier molecular flexibility index (Phi) is 4.24. The summed E-state index contributed by atoms with van der Waals surface area (Å²) in [5.74, 6) is 0.555. The summed E-state index contributed by atoms with van der Waals surface area (Å²) in [6, 6.07) is 9.08. The third-order valence-corrected chi connectivity index (χ3v) is 7.05. The Balaban J connectivity index is 1.05. The molecular weight excluding hydrogens is 408 g/mol. The van der Waals surface area contributed by atoms with Crippen LogP contribution in [0.25, 0.3) is 22.0 Å². The van der Waals surface area contributed by atoms with Crippen LogP contribution in [0.5, 0.6) is 0 Å². The second-order valence-electron chi connectivity index (χ2n) is 8.80. The van der Waals surface area contributed by atoms with Crippen LogP contribution >= 0.6 is 0 Å². The molecule has 6 rings (SSSR count). The molecule has 4 aromatic rings. The number of carbonyl (C=O) groups excluding carboxylic acids is 2. The average molecular weight is 430 g/mol. The zero-order valence-corrected chi connectivity index (χ0v) is 17.4. The van der Waals surface area contributed by atoms with Crippen LogP contribution < -0.4 is 5.32 Å². The first-order valence-electron chi connectivity index (χ1n) is 10.8. The number of likely N-dealkylation sites (tertiary alicyclic amines) is 1. The molecule has 9 heteroatoms. The van der Waals surface area contributed by atoms with Gasteiger partial charge in [0.2, 0.25) is 0 Å². The molecule has 2 fully saturated rings. The van der Waals surface area contributed by atoms with Gasteiger partial charge in [-0.2, -0.15) is 0 Å². The van der Waals surface area contributed by atoms with E-state index in [1.54, 1.807) is 24.5 Å². The van der Waals surface area contributed by atoms with Gasteiger partial charge in [-0.25, -0.2) is 0 Å². The molecule has 1 unspecified atom stereocenters. The van der Waals surface area contributed by atoms with Crippen LogP contribution in [0.3, 0.4) is 0 Å². The van der Waals surface area contributed by atoms with Crippen molar-refractivity contribution in [2.24, 2.45) is 11.3 Å². The molecule has 2 aliphatic rings. The summed E-state index contributed by atoms with van der Waals surface area (Å²) in [5, 5.41) is 14.6. The van der Waals surface area contributed by atoms with E-state index in [-0.39, 0.29) is 17.2 Å². The number of aromatic nitrogens is 4. The van der Waals surface area contributed by atoms with Crippen molar-refractivity contribution in [3.05, 3.63) is 54.0 Å². The Labute approximate surface area is 183 Å². The highest BCUT2D eigenvalue weighted by Gasteiger charge is 2.54. The zero-order valence-electron chi connectivity index (χ0n) is 17.4. The van der Waals surface area contributed by atoms with E-state index in [9.17, 15) is 9.59 Å². The standard InChI is InChI=1S/C23H22N6O3/c30-21(18-10-14-4-7-24-13-19(14)32-18)25-12-15-11-23(15)5-8-29(9-6-23)22(31)16-2-1-3-17-20(16)27-28-26-17/h1-4,7,10,13,15H,5-6,8-9,11-12H2,(H,25,30)(H,26,27,28). The van der Waals surface area contributed by atoms with Crippen molar-refractivity contribution in [3.63, 3.8) is 0 Å². The lowest BCUT2D eigenvalue weighted by molar-refractivity contribution is 0.0670. The van der Waals surface area contributed by atoms with Crippen LogP contribution in [0.15, 0.2) is 47.1 Å². The molecule has 1 spiro atoms. The molecule has 1 atom stereocenters. The third kappa shape index (κ3) is 3.12. The molecule has 1 saturated heterocycles. The van der Waals surface area contributed by atoms with Gasteiger partial charge >= 0.3 is 0 Å². The molecule has 4 heterocycles. The summed E-state index contributed by atoms with van der Waals surface area (Å²) in [5.41, 5.74) is 2.81. The van der Waals surface area contributed by atoms with Crippen LogP contribution in [-0.2, 0) is 0 Å². The summed E-state index contributed by atoms with van der Waals surface area (Å²) in [4.78, 5) is 31.5. The van der Waals surface area contributed by atoms with Gasteiger partial charge in [-0.3, -0.25) is 19.7 Å². The Morgan fingerprint density at radius 1 is 1.25 bits per heavy atom. The molecule has 0 radical (unpaired) electrons. The molecule has 32 heavy (non-hydrogen) atoms. The Bertz CT molecular complexity index is 1300. The minimum absolute atomic E-state index is 0.00391. The number of nitrogens with one attached hydrogen (secondary N) is 2. The first-order valence-corrected chi connectivity index (χ1v) is 10.8. The third-order valence-electron chi connectivity index (χ3n) is 7.05. The Hall–Kier alpha value is -3.75. The van der Waals surface area contributed by atoms with Crippen LogP contribution in [0.4, 0.5) is 0 Å². The molecule has 0 bridgehead atoms. The number of rotatable bonds is 4. The summed E-state index contributed by atoms with van der Waals surface area (Å²) < 4.78 is 5.60. The minimum Gasteiger partial charge on any atom is -0.449 e. The number of aromatic amines is 1. The number of fused-ring (bicyclic) bond motifs is 2. The molecule has 1 aliphatic carbocycles. The molecular formula is C23H22N6O3. The maximum atomic E-state index is 13.0. The van der Waals surface area contributed by atoms with Gasteiger partial charge in [-0.05, 0) is 54.9 Å². The fraction of sp³-hybridized carbons (Fsp3) is 0.348. The lowest BCUT2D eigenvalue weighted by Gasteiger charge is -2.33. The smallest absolute Gasteiger partial charge is 0.287 e. The van der Waals surface area contributed by atoms with Crippen molar-refractivity contribution < 1.29 is 14.0 Å². The predicted octanol–water partition coefficient (Wildman–Crippen LogP) is 2.77. The molecule has 1 aliphatic heterocycles. The Morgan fingerprint density at radius 3 is 2.97 bits per heavy atom. The number of benzene rings is 1. The normalized spacial score (nSPS) is 19.5. The van der Waals surface area contributed by atoms with Gasteiger partial charge in [-0.1, -0.05) is 11.3 Å². The molecule has 9 nitrogen and oxygen atoms in total. The number of H-pyrrole nitrogens is 1. The lowest BCUT2D eigenvalue weighted by atomic mass is 9.90. The molecule has 2 N–H and O–H groups in total. The fourth-order valence-electron chi connectivity index (χ4n) is 5.00. The number of piperidine rings is 1. The number of pyridine rings is 1. The lowest BCUT2D eigenvalue weighted by Crippen LogP contribution is -2.40. The average Bonchev–Trinajstić information content (AvgIpc) is 3.18. The first kappa shape index (κ1) is 19.0. The summed E-state index contributed by atoms with van der Waals surface area (Å²) in [6.07, 6.45) is 6.27. The monoisotopic (exact) mass is 430 g/mol. The van der Waals surface area contributed by atoms with E-state index >= 15 is 0 Å². The van der Waals surface area contributed by atoms with Gasteiger partial charge in [0.05, 0.1) is 17.3 Å². The van der Waals surface area contributed by atoms with Crippen molar-refractivity contribution >= 4 is 33.8 Å². The summed E-state index contributed by atoms with van der Waals surface area (Å²) in [6.45, 7) is 2.06. The predicted molar refractivity (Wildman–Crippen MR) is 116 cm³/mol. The second-order valence-corrected chi connectivity index (χ2v) is 8.80. The molecule has 1 aromatic carbocycles. The fourth-order valence-corrected chi connectivity index (χ4v) is 5.00. The van der Waals surface area contributed by atoms with Gasteiger partial charge in [0.25, 0.3) is 11.8 Å². The summed E-state index contributed by atoms with van der Waals surface area (Å²) in [7, 11) is 0. The highest BCUT2D eigenvalue weighted by atomic mass is 16.3. The number of carbonyl (C=O) groups is 2. The van der Waals surface area contributed by atoms with E-state index in [1.165, 1.54) is 0 Å². The van der Waals surface area contributed by atoms with Crippen molar-refractivity contribution in [1.29, 1.82) is 0 Å². The maximum absolute atomic E-state index is 13.0. The van der Waals surface area contributed by atoms with Gasteiger partial charge in [-0.15, -0.1) is 5.10 Å². The first-order chi connectivity index (χ1) is 15.6. The number of hydrogen-bond donors (Lipinski definition) is 2. The van der Waals surface area contributed by atoms with Gasteiger partial charge in [0.1, 0.15) is 5.52 Å². The van der Waals surface area contributed by atoms with Gasteiger partial charge in [0.15, 0.2) is 11.3 Å². The van der Waals surface area contributed by atoms with Crippen LogP contribution in [-0.4, -0.2) is 56.7 Å². The molecule has 1 saturated carbocycles. The topological polar surface area (TPSA) is 117 Å². The highest BCUT2D eigenvalue weighted by molar-refractivity contribution is 6.04. The number of nitrogens with zero attached hydrogens (tertiary/aromatic N) is 4. The van der Waals surface area contributed by atoms with E-state index in [2.05, 4.69) is 25.7 Å². The maximum Gasteiger partial charge on any atom is 0.287 e. The van der Waals surface area contributed by atoms with Crippen molar-refractivity contribution in [2.75, 3.05) is 19.6 Å². The molecule has 2 amide bonds. The molecule has 162 valence electrons. The van der Waals surface area contributed by atoms with Crippen molar-refractivity contribution in [1.82, 2.24) is 30.6 Å². The highest BCUT2D eigenvalue weighted by Crippen LogP contribution is 2.59. The summed E-state index contributed by atoms with van der Waals surface area (Å²) >= 11 is 0. The zero-order chi connectivity index (χ0) is 21.7. The van der Waals surface area contributed by atoms with E-state index in [1.807, 2.05) is 23.1 Å². The number of amides is 2. The van der Waals surface area contributed by atoms with Gasteiger partial charge < -0.3 is 14.6 Å². The quantitative estimate of drug-likeness (QED) is 0.514. The van der Waals surface area contributed by atoms with Crippen LogP contribution in [0.1, 0.15) is 40.2 Å². The van der Waals surface area contributed by atoms with Gasteiger partial charge in [0, 0.05) is 31.2 Å². The SMILES string of the molecule is O=C(NCC1CC12CCN(C(=O)c1cccc3[nH]nnc13)CC2)c1cc2ccncc2o1. The second kappa shape index (κ2) is 7.15. The van der Waals surface area contributed by atoms with E-state index in [0.29, 0.717) is 48.0 Å². The van der Waals surface area contributed by atoms with Crippen LogP contribution in [0, 0.1) is 11.3 Å². The molecule has 3 aromatic heterocycles. The number of furan rings is 1. The van der Waals surface area contributed by atoms with Crippen molar-refractivity contribution in [2.45, 2.75) is 19.3 Å². The Morgan fingerprint density at radius 2 is 2.12 bits per heavy atom. The minimum atomic E-state index is -0.198. The van der Waals surface area contributed by atoms with E-state index in [0.717, 1.165) is 30.2 Å². The number of hydrogen-bond acceptors (Lipinski definition) is 6. The van der Waals surface area contributed by atoms with E-state index in [4.69, 9.17) is 4.42 Å². The largest absolute Gasteiger partial charge is 0.449 e. The van der Waals surface area contributed by atoms with Crippen LogP contribution in [0.2, 0.25) is 0 Å².